The van der Waals surface area contributed by atoms with Crippen molar-refractivity contribution in [2.24, 2.45) is 5.92 Å². The van der Waals surface area contributed by atoms with E-state index >= 15 is 0 Å². The highest BCUT2D eigenvalue weighted by Gasteiger charge is 2.46. The fraction of sp³-hybridized carbons (Fsp3) is 0.909. The van der Waals surface area contributed by atoms with Gasteiger partial charge >= 0.3 is 6.09 Å². The Balaban J connectivity index is 1.94. The number of hydrogen-bond donors (Lipinski definition) is 1. The lowest BCUT2D eigenvalue weighted by Gasteiger charge is -2.31. The van der Waals surface area contributed by atoms with Crippen LogP contribution in [0.15, 0.2) is 0 Å². The summed E-state index contributed by atoms with van der Waals surface area (Å²) in [5, 5.41) is 9.57. The van der Waals surface area contributed by atoms with E-state index in [2.05, 4.69) is 0 Å². The molecule has 15 heavy (non-hydrogen) atoms. The van der Waals surface area contributed by atoms with Crippen LogP contribution in [0.4, 0.5) is 4.79 Å². The Morgan fingerprint density at radius 3 is 2.47 bits per heavy atom. The average Bonchev–Trinajstić information content (AvgIpc) is 2.58. The number of aliphatic hydroxyl groups excluding tert-OH is 1. The molecule has 1 unspecified atom stereocenters. The maximum absolute atomic E-state index is 11.8. The summed E-state index contributed by atoms with van der Waals surface area (Å²) in [7, 11) is 0. The van der Waals surface area contributed by atoms with E-state index in [0.29, 0.717) is 13.0 Å². The highest BCUT2D eigenvalue weighted by Crippen LogP contribution is 2.38. The molecule has 2 rings (SSSR count). The van der Waals surface area contributed by atoms with E-state index in [9.17, 15) is 9.90 Å². The van der Waals surface area contributed by atoms with Crippen LogP contribution < -0.4 is 0 Å². The summed E-state index contributed by atoms with van der Waals surface area (Å²) in [4.78, 5) is 13.5. The summed E-state index contributed by atoms with van der Waals surface area (Å²) >= 11 is 0. The number of carbonyl (C=O) groups is 1. The number of likely N-dealkylation sites (tertiary alicyclic amines) is 1. The van der Waals surface area contributed by atoms with Gasteiger partial charge in [-0.15, -0.1) is 0 Å². The molecule has 1 saturated carbocycles. The Morgan fingerprint density at radius 1 is 1.40 bits per heavy atom. The second-order valence-corrected chi connectivity index (χ2v) is 5.59. The van der Waals surface area contributed by atoms with Crippen LogP contribution in [0.5, 0.6) is 0 Å². The SMILES string of the molecule is CC(C)(C)OC(=O)N1CC2C[C@@H]1C[C@@H]2O. The van der Waals surface area contributed by atoms with Crippen molar-refractivity contribution in [1.29, 1.82) is 0 Å². The van der Waals surface area contributed by atoms with Crippen molar-refractivity contribution >= 4 is 6.09 Å². The van der Waals surface area contributed by atoms with Crippen molar-refractivity contribution in [2.75, 3.05) is 6.54 Å². The minimum atomic E-state index is -0.433. The second-order valence-electron chi connectivity index (χ2n) is 5.59. The number of amides is 1. The Kier molecular flexibility index (Phi) is 2.41. The van der Waals surface area contributed by atoms with Crippen LogP contribution in [0.25, 0.3) is 0 Å². The first-order valence-corrected chi connectivity index (χ1v) is 5.54. The molecule has 4 nitrogen and oxygen atoms in total. The zero-order chi connectivity index (χ0) is 11.2. The van der Waals surface area contributed by atoms with Gasteiger partial charge in [0.2, 0.25) is 0 Å². The molecule has 2 fully saturated rings. The maximum Gasteiger partial charge on any atom is 0.410 e. The van der Waals surface area contributed by atoms with E-state index < -0.39 is 5.60 Å². The van der Waals surface area contributed by atoms with Crippen molar-refractivity contribution in [3.8, 4) is 0 Å². The summed E-state index contributed by atoms with van der Waals surface area (Å²) in [6.45, 7) is 6.26. The predicted molar refractivity (Wildman–Crippen MR) is 55.5 cm³/mol. The summed E-state index contributed by atoms with van der Waals surface area (Å²) in [6.07, 6.45) is 1.19. The molecular formula is C11H19NO3. The quantitative estimate of drug-likeness (QED) is 0.661. The molecule has 1 amide bonds. The average molecular weight is 213 g/mol. The zero-order valence-electron chi connectivity index (χ0n) is 9.56. The minimum Gasteiger partial charge on any atom is -0.444 e. The van der Waals surface area contributed by atoms with Gasteiger partial charge in [0.05, 0.1) is 6.10 Å². The molecule has 4 heteroatoms. The summed E-state index contributed by atoms with van der Waals surface area (Å²) in [5.74, 6) is 0.266. The van der Waals surface area contributed by atoms with Gasteiger partial charge in [0.25, 0.3) is 0 Å². The molecule has 0 aromatic rings. The Hall–Kier alpha value is -0.770. The van der Waals surface area contributed by atoms with Crippen LogP contribution in [-0.4, -0.2) is 40.4 Å². The lowest BCUT2D eigenvalue weighted by Crippen LogP contribution is -2.44. The molecule has 0 aromatic carbocycles. The first-order chi connectivity index (χ1) is 6.87. The van der Waals surface area contributed by atoms with Crippen molar-refractivity contribution in [3.05, 3.63) is 0 Å². The molecule has 1 heterocycles. The van der Waals surface area contributed by atoms with Crippen LogP contribution in [0.1, 0.15) is 33.6 Å². The first kappa shape index (κ1) is 10.7. The molecule has 0 radical (unpaired) electrons. The number of fused-ring (bicyclic) bond motifs is 2. The lowest BCUT2D eigenvalue weighted by atomic mass is 10.1. The van der Waals surface area contributed by atoms with Gasteiger partial charge in [0.1, 0.15) is 5.60 Å². The number of piperidine rings is 1. The fourth-order valence-corrected chi connectivity index (χ4v) is 2.47. The number of nitrogens with zero attached hydrogens (tertiary/aromatic N) is 1. The van der Waals surface area contributed by atoms with Crippen molar-refractivity contribution in [1.82, 2.24) is 4.90 Å². The van der Waals surface area contributed by atoms with Crippen LogP contribution in [-0.2, 0) is 4.74 Å². The lowest BCUT2D eigenvalue weighted by molar-refractivity contribution is 0.00788. The van der Waals surface area contributed by atoms with Crippen LogP contribution in [0.3, 0.4) is 0 Å². The highest BCUT2D eigenvalue weighted by molar-refractivity contribution is 5.69. The molecule has 86 valence electrons. The Morgan fingerprint density at radius 2 is 2.07 bits per heavy atom. The molecular weight excluding hydrogens is 194 g/mol. The van der Waals surface area contributed by atoms with Crippen molar-refractivity contribution < 1.29 is 14.6 Å². The molecule has 2 aliphatic rings. The van der Waals surface area contributed by atoms with E-state index in [4.69, 9.17) is 4.74 Å². The highest BCUT2D eigenvalue weighted by atomic mass is 16.6. The molecule has 1 N–H and O–H groups in total. The Bertz CT molecular complexity index is 269. The summed E-state index contributed by atoms with van der Waals surface area (Å²) in [5.41, 5.74) is -0.433. The monoisotopic (exact) mass is 213 g/mol. The first-order valence-electron chi connectivity index (χ1n) is 5.54. The summed E-state index contributed by atoms with van der Waals surface area (Å²) in [6, 6.07) is 0.194. The fourth-order valence-electron chi connectivity index (χ4n) is 2.47. The van der Waals surface area contributed by atoms with Crippen molar-refractivity contribution in [2.45, 2.75) is 51.4 Å². The van der Waals surface area contributed by atoms with Gasteiger partial charge < -0.3 is 14.7 Å². The van der Waals surface area contributed by atoms with Crippen molar-refractivity contribution in [3.63, 3.8) is 0 Å². The van der Waals surface area contributed by atoms with Gasteiger partial charge in [-0.05, 0) is 33.6 Å². The third-order valence-electron chi connectivity index (χ3n) is 3.13. The van der Waals surface area contributed by atoms with Crippen LogP contribution in [0.2, 0.25) is 0 Å². The van der Waals surface area contributed by atoms with E-state index in [1.165, 1.54) is 0 Å². The van der Waals surface area contributed by atoms with Gasteiger partial charge in [-0.25, -0.2) is 4.79 Å². The minimum absolute atomic E-state index is 0.194. The third kappa shape index (κ3) is 2.09. The molecule has 1 aliphatic carbocycles. The van der Waals surface area contributed by atoms with E-state index in [0.717, 1.165) is 6.42 Å². The standard InChI is InChI=1S/C11H19NO3/c1-11(2,3)15-10(14)12-6-7-4-8(12)5-9(7)13/h7-9,13H,4-6H2,1-3H3/t7?,8-,9+/m1/s1. The molecule has 0 aromatic heterocycles. The van der Waals surface area contributed by atoms with E-state index in [1.807, 2.05) is 20.8 Å². The largest absolute Gasteiger partial charge is 0.444 e. The molecule has 0 spiro atoms. The topological polar surface area (TPSA) is 49.8 Å². The molecule has 2 bridgehead atoms. The van der Waals surface area contributed by atoms with E-state index in [1.54, 1.807) is 4.90 Å². The van der Waals surface area contributed by atoms with Gasteiger partial charge in [-0.3, -0.25) is 0 Å². The van der Waals surface area contributed by atoms with Gasteiger partial charge in [-0.1, -0.05) is 0 Å². The predicted octanol–water partition coefficient (Wildman–Crippen LogP) is 1.38. The van der Waals surface area contributed by atoms with Gasteiger partial charge in [0.15, 0.2) is 0 Å². The molecule has 1 saturated heterocycles. The number of rotatable bonds is 0. The number of carbonyl (C=O) groups excluding carboxylic acids is 1. The van der Waals surface area contributed by atoms with Crippen LogP contribution >= 0.6 is 0 Å². The zero-order valence-corrected chi connectivity index (χ0v) is 9.56. The number of hydrogen-bond acceptors (Lipinski definition) is 3. The third-order valence-corrected chi connectivity index (χ3v) is 3.13. The Labute approximate surface area is 90.2 Å². The number of ether oxygens (including phenoxy) is 1. The van der Waals surface area contributed by atoms with Gasteiger partial charge in [-0.2, -0.15) is 0 Å². The molecule has 1 aliphatic heterocycles. The normalized spacial score (nSPS) is 34.7. The van der Waals surface area contributed by atoms with E-state index in [-0.39, 0.29) is 24.2 Å². The summed E-state index contributed by atoms with van der Waals surface area (Å²) < 4.78 is 5.31. The molecule has 3 atom stereocenters. The second kappa shape index (κ2) is 3.37. The number of aliphatic hydroxyl groups is 1. The maximum atomic E-state index is 11.8. The van der Waals surface area contributed by atoms with Crippen LogP contribution in [0, 0.1) is 5.92 Å². The smallest absolute Gasteiger partial charge is 0.410 e. The van der Waals surface area contributed by atoms with Gasteiger partial charge in [0, 0.05) is 18.5 Å².